The Kier molecular flexibility index (Phi) is 3.43. The van der Waals surface area contributed by atoms with Gasteiger partial charge in [0.1, 0.15) is 0 Å². The van der Waals surface area contributed by atoms with Crippen LogP contribution >= 0.6 is 11.3 Å². The molecule has 4 heteroatoms. The molecular formula is C13H21N3S. The molecule has 17 heavy (non-hydrogen) atoms. The van der Waals surface area contributed by atoms with Gasteiger partial charge in [-0.15, -0.1) is 11.3 Å². The highest BCUT2D eigenvalue weighted by Crippen LogP contribution is 2.28. The van der Waals surface area contributed by atoms with E-state index in [0.29, 0.717) is 12.0 Å². The first-order chi connectivity index (χ1) is 8.00. The van der Waals surface area contributed by atoms with Crippen molar-refractivity contribution in [1.82, 2.24) is 4.90 Å². The highest BCUT2D eigenvalue weighted by atomic mass is 32.1. The number of aliphatic imine (C=N–C) groups is 1. The van der Waals surface area contributed by atoms with Gasteiger partial charge in [0.25, 0.3) is 0 Å². The van der Waals surface area contributed by atoms with Crippen LogP contribution in [-0.2, 0) is 5.41 Å². The molecule has 0 radical (unpaired) electrons. The molecule has 0 aromatic carbocycles. The second-order valence-electron chi connectivity index (χ2n) is 5.38. The highest BCUT2D eigenvalue weighted by molar-refractivity contribution is 7.10. The Morgan fingerprint density at radius 2 is 2.29 bits per heavy atom. The lowest BCUT2D eigenvalue weighted by Gasteiger charge is -2.23. The molecule has 0 unspecified atom stereocenters. The molecule has 0 amide bonds. The zero-order valence-corrected chi connectivity index (χ0v) is 11.6. The Bertz CT molecular complexity index is 391. The largest absolute Gasteiger partial charge is 0.370 e. The van der Waals surface area contributed by atoms with E-state index < -0.39 is 0 Å². The van der Waals surface area contributed by atoms with Gasteiger partial charge in [-0.2, -0.15) is 0 Å². The van der Waals surface area contributed by atoms with Crippen molar-refractivity contribution in [2.24, 2.45) is 10.7 Å². The molecule has 1 fully saturated rings. The normalized spacial score (nSPS) is 17.2. The molecule has 94 valence electrons. The van der Waals surface area contributed by atoms with E-state index in [0.717, 1.165) is 6.54 Å². The average Bonchev–Trinajstić information content (AvgIpc) is 2.99. The van der Waals surface area contributed by atoms with Crippen molar-refractivity contribution < 1.29 is 0 Å². The van der Waals surface area contributed by atoms with Gasteiger partial charge in [0, 0.05) is 23.4 Å². The molecule has 3 nitrogen and oxygen atoms in total. The van der Waals surface area contributed by atoms with Crippen LogP contribution in [0.1, 0.15) is 31.6 Å². The average molecular weight is 251 g/mol. The fourth-order valence-electron chi connectivity index (χ4n) is 1.78. The summed E-state index contributed by atoms with van der Waals surface area (Å²) in [5.41, 5.74) is 6.07. The zero-order chi connectivity index (χ0) is 12.5. The van der Waals surface area contributed by atoms with Crippen LogP contribution in [-0.4, -0.2) is 30.5 Å². The summed E-state index contributed by atoms with van der Waals surface area (Å²) in [4.78, 5) is 8.01. The van der Waals surface area contributed by atoms with Gasteiger partial charge in [-0.3, -0.25) is 4.99 Å². The van der Waals surface area contributed by atoms with E-state index in [1.54, 1.807) is 11.3 Å². The van der Waals surface area contributed by atoms with E-state index in [-0.39, 0.29) is 5.41 Å². The predicted molar refractivity (Wildman–Crippen MR) is 74.6 cm³/mol. The van der Waals surface area contributed by atoms with Crippen LogP contribution < -0.4 is 5.73 Å². The summed E-state index contributed by atoms with van der Waals surface area (Å²) in [6.07, 6.45) is 2.50. The zero-order valence-electron chi connectivity index (χ0n) is 10.8. The summed E-state index contributed by atoms with van der Waals surface area (Å²) >= 11 is 1.78. The van der Waals surface area contributed by atoms with Crippen molar-refractivity contribution in [3.05, 3.63) is 22.4 Å². The van der Waals surface area contributed by atoms with Crippen LogP contribution in [0.5, 0.6) is 0 Å². The minimum atomic E-state index is 0.0726. The molecule has 0 saturated heterocycles. The van der Waals surface area contributed by atoms with Gasteiger partial charge in [-0.25, -0.2) is 0 Å². The summed E-state index contributed by atoms with van der Waals surface area (Å²) in [5.74, 6) is 0.678. The van der Waals surface area contributed by atoms with Crippen molar-refractivity contribution >= 4 is 17.3 Å². The van der Waals surface area contributed by atoms with Crippen molar-refractivity contribution in [1.29, 1.82) is 0 Å². The molecule has 0 spiro atoms. The second-order valence-corrected chi connectivity index (χ2v) is 6.33. The van der Waals surface area contributed by atoms with Crippen molar-refractivity contribution in [3.63, 3.8) is 0 Å². The number of hydrogen-bond acceptors (Lipinski definition) is 2. The minimum Gasteiger partial charge on any atom is -0.370 e. The molecule has 0 aliphatic heterocycles. The molecule has 1 aromatic rings. The molecular weight excluding hydrogens is 230 g/mol. The van der Waals surface area contributed by atoms with Crippen LogP contribution in [0.4, 0.5) is 0 Å². The monoisotopic (exact) mass is 251 g/mol. The van der Waals surface area contributed by atoms with Crippen LogP contribution in [0.3, 0.4) is 0 Å². The lowest BCUT2D eigenvalue weighted by Crippen LogP contribution is -2.37. The first-order valence-corrected chi connectivity index (χ1v) is 6.95. The maximum absolute atomic E-state index is 6.00. The van der Waals surface area contributed by atoms with Gasteiger partial charge in [0.05, 0.1) is 6.54 Å². The van der Waals surface area contributed by atoms with Gasteiger partial charge < -0.3 is 10.6 Å². The predicted octanol–water partition coefficient (Wildman–Crippen LogP) is 2.43. The van der Waals surface area contributed by atoms with Gasteiger partial charge in [0.2, 0.25) is 0 Å². The lowest BCUT2D eigenvalue weighted by molar-refractivity contribution is 0.478. The van der Waals surface area contributed by atoms with E-state index in [2.05, 4.69) is 41.3 Å². The molecule has 1 aliphatic rings. The van der Waals surface area contributed by atoms with E-state index in [9.17, 15) is 0 Å². The minimum absolute atomic E-state index is 0.0726. The molecule has 1 saturated carbocycles. The standard InChI is InChI=1S/C13H21N3S/c1-13(2,11-5-4-8-17-11)9-15-12(14)16(3)10-6-7-10/h4-5,8,10H,6-7,9H2,1-3H3,(H2,14,15). The topological polar surface area (TPSA) is 41.6 Å². The highest BCUT2D eigenvalue weighted by Gasteiger charge is 2.28. The number of nitrogens with two attached hydrogens (primary N) is 1. The van der Waals surface area contributed by atoms with E-state index >= 15 is 0 Å². The Hall–Kier alpha value is -1.03. The Morgan fingerprint density at radius 1 is 1.59 bits per heavy atom. The van der Waals surface area contributed by atoms with E-state index in [1.165, 1.54) is 17.7 Å². The lowest BCUT2D eigenvalue weighted by atomic mass is 9.92. The smallest absolute Gasteiger partial charge is 0.191 e. The third kappa shape index (κ3) is 3.00. The second kappa shape index (κ2) is 4.69. The summed E-state index contributed by atoms with van der Waals surface area (Å²) in [5, 5.41) is 2.11. The first-order valence-electron chi connectivity index (χ1n) is 6.07. The van der Waals surface area contributed by atoms with Gasteiger partial charge >= 0.3 is 0 Å². The third-order valence-corrected chi connectivity index (χ3v) is 4.52. The van der Waals surface area contributed by atoms with Gasteiger partial charge in [-0.05, 0) is 24.3 Å². The quantitative estimate of drug-likeness (QED) is 0.659. The maximum atomic E-state index is 6.00. The molecule has 2 rings (SSSR count). The molecule has 0 bridgehead atoms. The number of nitrogens with zero attached hydrogens (tertiary/aromatic N) is 2. The fourth-order valence-corrected chi connectivity index (χ4v) is 2.63. The number of thiophene rings is 1. The molecule has 1 aromatic heterocycles. The Balaban J connectivity index is 1.98. The SMILES string of the molecule is CN(C(N)=NCC(C)(C)c1cccs1)C1CC1. The summed E-state index contributed by atoms with van der Waals surface area (Å²) in [7, 11) is 2.04. The van der Waals surface area contributed by atoms with Crippen LogP contribution in [0.25, 0.3) is 0 Å². The number of guanidine groups is 1. The number of rotatable bonds is 4. The first kappa shape index (κ1) is 12.4. The fraction of sp³-hybridized carbons (Fsp3) is 0.615. The van der Waals surface area contributed by atoms with Crippen LogP contribution in [0.15, 0.2) is 22.5 Å². The van der Waals surface area contributed by atoms with Crippen molar-refractivity contribution in [2.45, 2.75) is 38.1 Å². The molecule has 2 N–H and O–H groups in total. The Labute approximate surface area is 107 Å². The third-order valence-electron chi connectivity index (χ3n) is 3.28. The molecule has 0 atom stereocenters. The number of hydrogen-bond donors (Lipinski definition) is 1. The maximum Gasteiger partial charge on any atom is 0.191 e. The van der Waals surface area contributed by atoms with Crippen molar-refractivity contribution in [2.75, 3.05) is 13.6 Å². The van der Waals surface area contributed by atoms with Gasteiger partial charge in [-0.1, -0.05) is 19.9 Å². The van der Waals surface area contributed by atoms with E-state index in [1.807, 2.05) is 7.05 Å². The Morgan fingerprint density at radius 3 is 2.82 bits per heavy atom. The summed E-state index contributed by atoms with van der Waals surface area (Å²) in [6, 6.07) is 4.88. The van der Waals surface area contributed by atoms with Crippen molar-refractivity contribution in [3.8, 4) is 0 Å². The summed E-state index contributed by atoms with van der Waals surface area (Å²) < 4.78 is 0. The van der Waals surface area contributed by atoms with Crippen LogP contribution in [0, 0.1) is 0 Å². The molecule has 1 aliphatic carbocycles. The van der Waals surface area contributed by atoms with E-state index in [4.69, 9.17) is 5.73 Å². The molecule has 1 heterocycles. The summed E-state index contributed by atoms with van der Waals surface area (Å²) in [6.45, 7) is 5.18. The van der Waals surface area contributed by atoms with Gasteiger partial charge in [0.15, 0.2) is 5.96 Å². The van der Waals surface area contributed by atoms with Crippen LogP contribution in [0.2, 0.25) is 0 Å².